The SMILES string of the molecule is CN=C(NCc1ccccc1OCC1CC1)N1CCC(COCCOC)C1.I. The number of nitrogens with zero attached hydrogens (tertiary/aromatic N) is 2. The fraction of sp³-hybridized carbons (Fsp3) is 0.667. The van der Waals surface area contributed by atoms with Gasteiger partial charge in [0.25, 0.3) is 0 Å². The number of aliphatic imine (C=N–C) groups is 1. The summed E-state index contributed by atoms with van der Waals surface area (Å²) in [6.07, 6.45) is 3.74. The van der Waals surface area contributed by atoms with Crippen LogP contribution >= 0.6 is 24.0 Å². The minimum atomic E-state index is 0. The lowest BCUT2D eigenvalue weighted by atomic mass is 10.1. The number of guanidine groups is 1. The number of para-hydroxylation sites is 1. The van der Waals surface area contributed by atoms with E-state index < -0.39 is 0 Å². The molecule has 1 aromatic carbocycles. The molecule has 0 aromatic heterocycles. The Morgan fingerprint density at radius 1 is 1.14 bits per heavy atom. The summed E-state index contributed by atoms with van der Waals surface area (Å²) in [5.74, 6) is 3.24. The van der Waals surface area contributed by atoms with E-state index in [1.165, 1.54) is 18.4 Å². The summed E-state index contributed by atoms with van der Waals surface area (Å²) >= 11 is 0. The van der Waals surface area contributed by atoms with Crippen molar-refractivity contribution in [3.63, 3.8) is 0 Å². The molecule has 0 spiro atoms. The molecule has 1 aromatic rings. The van der Waals surface area contributed by atoms with Crippen molar-refractivity contribution in [1.29, 1.82) is 0 Å². The molecule has 2 fully saturated rings. The number of hydrogen-bond donors (Lipinski definition) is 1. The van der Waals surface area contributed by atoms with Gasteiger partial charge in [-0.3, -0.25) is 4.99 Å². The van der Waals surface area contributed by atoms with Gasteiger partial charge < -0.3 is 24.4 Å². The van der Waals surface area contributed by atoms with Gasteiger partial charge in [-0.25, -0.2) is 0 Å². The number of benzene rings is 1. The third-order valence-electron chi connectivity index (χ3n) is 5.16. The molecule has 1 saturated heterocycles. The molecular formula is C21H34IN3O3. The third kappa shape index (κ3) is 7.40. The second kappa shape index (κ2) is 12.5. The zero-order chi connectivity index (χ0) is 18.9. The molecule has 0 radical (unpaired) electrons. The van der Waals surface area contributed by atoms with Gasteiger partial charge in [0, 0.05) is 45.3 Å². The summed E-state index contributed by atoms with van der Waals surface area (Å²) in [6, 6.07) is 8.28. The molecule has 1 atom stereocenters. The number of ether oxygens (including phenoxy) is 3. The lowest BCUT2D eigenvalue weighted by Crippen LogP contribution is -2.40. The minimum Gasteiger partial charge on any atom is -0.493 e. The fourth-order valence-electron chi connectivity index (χ4n) is 3.34. The van der Waals surface area contributed by atoms with E-state index in [0.29, 0.717) is 19.1 Å². The molecule has 1 aliphatic heterocycles. The average molecular weight is 503 g/mol. The maximum atomic E-state index is 6.01. The summed E-state index contributed by atoms with van der Waals surface area (Å²) < 4.78 is 16.7. The Labute approximate surface area is 186 Å². The van der Waals surface area contributed by atoms with Crippen molar-refractivity contribution in [2.24, 2.45) is 16.8 Å². The van der Waals surface area contributed by atoms with Crippen LogP contribution in [-0.2, 0) is 16.0 Å². The molecular weight excluding hydrogens is 469 g/mol. The number of likely N-dealkylation sites (tertiary alicyclic amines) is 1. The first-order valence-electron chi connectivity index (χ1n) is 10.0. The standard InChI is InChI=1S/C21H33N3O3.HI/c1-22-21(24-10-9-18(14-24)15-26-12-11-25-2)23-13-19-5-3-4-6-20(19)27-16-17-7-8-17;/h3-6,17-18H,7-16H2,1-2H3,(H,22,23);1H. The molecule has 6 nitrogen and oxygen atoms in total. The Hall–Kier alpha value is -1.06. The van der Waals surface area contributed by atoms with Crippen LogP contribution in [0.5, 0.6) is 5.75 Å². The van der Waals surface area contributed by atoms with E-state index in [1.54, 1.807) is 7.11 Å². The van der Waals surface area contributed by atoms with Gasteiger partial charge >= 0.3 is 0 Å². The third-order valence-corrected chi connectivity index (χ3v) is 5.16. The lowest BCUT2D eigenvalue weighted by molar-refractivity contribution is 0.0536. The molecule has 7 heteroatoms. The van der Waals surface area contributed by atoms with Crippen molar-refractivity contribution in [1.82, 2.24) is 10.2 Å². The van der Waals surface area contributed by atoms with Crippen LogP contribution in [0.2, 0.25) is 0 Å². The van der Waals surface area contributed by atoms with Crippen molar-refractivity contribution in [2.75, 3.05) is 53.7 Å². The van der Waals surface area contributed by atoms with Crippen LogP contribution in [0.4, 0.5) is 0 Å². The molecule has 2 aliphatic rings. The summed E-state index contributed by atoms with van der Waals surface area (Å²) in [4.78, 5) is 6.79. The van der Waals surface area contributed by atoms with E-state index in [1.807, 2.05) is 13.1 Å². The Morgan fingerprint density at radius 2 is 1.96 bits per heavy atom. The van der Waals surface area contributed by atoms with Gasteiger partial charge in [0.15, 0.2) is 5.96 Å². The van der Waals surface area contributed by atoms with Crippen LogP contribution < -0.4 is 10.1 Å². The quantitative estimate of drug-likeness (QED) is 0.230. The van der Waals surface area contributed by atoms with Crippen LogP contribution in [0.25, 0.3) is 0 Å². The Bertz CT molecular complexity index is 610. The molecule has 1 aliphatic carbocycles. The number of nitrogens with one attached hydrogen (secondary N) is 1. The number of halogens is 1. The molecule has 1 unspecified atom stereocenters. The molecule has 1 N–H and O–H groups in total. The predicted molar refractivity (Wildman–Crippen MR) is 123 cm³/mol. The van der Waals surface area contributed by atoms with Gasteiger partial charge in [-0.05, 0) is 31.2 Å². The summed E-state index contributed by atoms with van der Waals surface area (Å²) in [5, 5.41) is 3.50. The van der Waals surface area contributed by atoms with Crippen LogP contribution in [0.15, 0.2) is 29.3 Å². The first kappa shape index (κ1) is 23.2. The van der Waals surface area contributed by atoms with Crippen molar-refractivity contribution in [2.45, 2.75) is 25.8 Å². The van der Waals surface area contributed by atoms with Gasteiger partial charge in [0.2, 0.25) is 0 Å². The largest absolute Gasteiger partial charge is 0.493 e. The fourth-order valence-corrected chi connectivity index (χ4v) is 3.34. The van der Waals surface area contributed by atoms with E-state index in [4.69, 9.17) is 14.2 Å². The van der Waals surface area contributed by atoms with Gasteiger partial charge in [-0.2, -0.15) is 0 Å². The number of rotatable bonds is 10. The molecule has 0 bridgehead atoms. The van der Waals surface area contributed by atoms with E-state index >= 15 is 0 Å². The molecule has 3 rings (SSSR count). The maximum Gasteiger partial charge on any atom is 0.193 e. The zero-order valence-electron chi connectivity index (χ0n) is 17.1. The van der Waals surface area contributed by atoms with Crippen LogP contribution in [0.1, 0.15) is 24.8 Å². The summed E-state index contributed by atoms with van der Waals surface area (Å²) in [5.41, 5.74) is 1.18. The van der Waals surface area contributed by atoms with Crippen molar-refractivity contribution < 1.29 is 14.2 Å². The topological polar surface area (TPSA) is 55.3 Å². The van der Waals surface area contributed by atoms with Crippen LogP contribution in [0.3, 0.4) is 0 Å². The Morgan fingerprint density at radius 3 is 2.71 bits per heavy atom. The van der Waals surface area contributed by atoms with Gasteiger partial charge in [-0.15, -0.1) is 24.0 Å². The normalized spacial score (nSPS) is 19.4. The summed E-state index contributed by atoms with van der Waals surface area (Å²) in [7, 11) is 3.55. The molecule has 1 heterocycles. The monoisotopic (exact) mass is 503 g/mol. The van der Waals surface area contributed by atoms with Crippen LogP contribution in [-0.4, -0.2) is 64.5 Å². The maximum absolute atomic E-state index is 6.01. The van der Waals surface area contributed by atoms with E-state index in [0.717, 1.165) is 56.9 Å². The van der Waals surface area contributed by atoms with E-state index in [9.17, 15) is 0 Å². The zero-order valence-corrected chi connectivity index (χ0v) is 19.4. The van der Waals surface area contributed by atoms with E-state index in [-0.39, 0.29) is 24.0 Å². The highest BCUT2D eigenvalue weighted by molar-refractivity contribution is 14.0. The predicted octanol–water partition coefficient (Wildman–Crippen LogP) is 3.15. The van der Waals surface area contributed by atoms with Gasteiger partial charge in [0.05, 0.1) is 26.4 Å². The lowest BCUT2D eigenvalue weighted by Gasteiger charge is -2.22. The highest BCUT2D eigenvalue weighted by Gasteiger charge is 2.25. The Kier molecular flexibility index (Phi) is 10.4. The highest BCUT2D eigenvalue weighted by Crippen LogP contribution is 2.30. The first-order valence-corrected chi connectivity index (χ1v) is 10.0. The van der Waals surface area contributed by atoms with Crippen LogP contribution in [0, 0.1) is 11.8 Å². The van der Waals surface area contributed by atoms with E-state index in [2.05, 4.69) is 33.4 Å². The first-order chi connectivity index (χ1) is 13.3. The highest BCUT2D eigenvalue weighted by atomic mass is 127. The number of hydrogen-bond acceptors (Lipinski definition) is 4. The van der Waals surface area contributed by atoms with Crippen molar-refractivity contribution in [3.8, 4) is 5.75 Å². The molecule has 28 heavy (non-hydrogen) atoms. The van der Waals surface area contributed by atoms with Crippen molar-refractivity contribution in [3.05, 3.63) is 29.8 Å². The molecule has 0 amide bonds. The average Bonchev–Trinajstić information content (AvgIpc) is 3.42. The summed E-state index contributed by atoms with van der Waals surface area (Å²) in [6.45, 7) is 5.65. The minimum absolute atomic E-state index is 0. The molecule has 1 saturated carbocycles. The van der Waals surface area contributed by atoms with Gasteiger partial charge in [0.1, 0.15) is 5.75 Å². The second-order valence-electron chi connectivity index (χ2n) is 7.43. The number of methoxy groups -OCH3 is 1. The Balaban J connectivity index is 0.00000280. The second-order valence-corrected chi connectivity index (χ2v) is 7.43. The molecule has 158 valence electrons. The van der Waals surface area contributed by atoms with Gasteiger partial charge in [-0.1, -0.05) is 18.2 Å². The van der Waals surface area contributed by atoms with Crippen molar-refractivity contribution >= 4 is 29.9 Å². The smallest absolute Gasteiger partial charge is 0.193 e.